The standard InChI is InChI=1S/C73H50BNO/c1-46-55-35-21-36-56(46)71-72-69(45-66-61-34-19-20-37-70(61)76-73(66)71)75(54-41-52(50-26-11-5-12-27-50)40-53(42-54)51-28-13-6-14-29-51)68-44-65-63(39-49-24-9-4-10-25-49)60-33-18-17-32-59(60)62(38-48-22-7-3-8-23-48)64(65)43-67(68)74(72)47(2)57-30-15-16-31-58(55)57/h3-37,40-45H,2,38-39H2,1H3. The van der Waals surface area contributed by atoms with Crippen molar-refractivity contribution in [3.63, 3.8) is 0 Å². The monoisotopic (exact) mass is 967 g/mol. The molecular formula is C73H50BNO. The fourth-order valence-electron chi connectivity index (χ4n) is 13.0. The molecule has 0 unspecified atom stereocenters. The summed E-state index contributed by atoms with van der Waals surface area (Å²) in [6.45, 7) is 7.30. The number of nitrogens with zero attached hydrogens (tertiary/aromatic N) is 1. The van der Waals surface area contributed by atoms with Crippen LogP contribution in [-0.2, 0) is 12.8 Å². The highest BCUT2D eigenvalue weighted by atomic mass is 16.3. The summed E-state index contributed by atoms with van der Waals surface area (Å²) < 4.78 is 7.24. The minimum absolute atomic E-state index is 0.271. The third-order valence-corrected chi connectivity index (χ3v) is 16.5. The lowest BCUT2D eigenvalue weighted by atomic mass is 9.33. The summed E-state index contributed by atoms with van der Waals surface area (Å²) in [5, 5.41) is 7.29. The largest absolute Gasteiger partial charge is 0.455 e. The normalized spacial score (nSPS) is 12.6. The lowest BCUT2D eigenvalue weighted by Crippen LogP contribution is -2.51. The van der Waals surface area contributed by atoms with Crippen LogP contribution in [0.3, 0.4) is 0 Å². The summed E-state index contributed by atoms with van der Waals surface area (Å²) in [5.74, 6) is 0. The van der Waals surface area contributed by atoms with E-state index >= 15 is 0 Å². The molecule has 13 aromatic rings. The van der Waals surface area contributed by atoms with E-state index < -0.39 is 0 Å². The van der Waals surface area contributed by atoms with Crippen LogP contribution in [0.1, 0.15) is 33.4 Å². The van der Waals surface area contributed by atoms with Gasteiger partial charge in [0.1, 0.15) is 11.2 Å². The van der Waals surface area contributed by atoms with Gasteiger partial charge in [-0.1, -0.05) is 218 Å². The molecule has 2 bridgehead atoms. The quantitative estimate of drug-likeness (QED) is 0.117. The Morgan fingerprint density at radius 1 is 0.408 bits per heavy atom. The average molecular weight is 968 g/mol. The van der Waals surface area contributed by atoms with Gasteiger partial charge in [0.25, 0.3) is 0 Å². The molecule has 3 heteroatoms. The molecule has 1 aromatic heterocycles. The minimum atomic E-state index is -0.271. The van der Waals surface area contributed by atoms with E-state index in [0.717, 1.165) is 90.7 Å². The van der Waals surface area contributed by atoms with Gasteiger partial charge >= 0.3 is 0 Å². The second-order valence-corrected chi connectivity index (χ2v) is 20.8. The fraction of sp³-hybridized carbons (Fsp3) is 0.0411. The third-order valence-electron chi connectivity index (χ3n) is 16.5. The molecular weight excluding hydrogens is 918 g/mol. The van der Waals surface area contributed by atoms with Crippen molar-refractivity contribution >= 4 is 83.7 Å². The van der Waals surface area contributed by atoms with Crippen molar-refractivity contribution in [1.29, 1.82) is 0 Å². The molecule has 3 heterocycles. The average Bonchev–Trinajstić information content (AvgIpc) is 4.05. The Kier molecular flexibility index (Phi) is 10.2. The van der Waals surface area contributed by atoms with Crippen molar-refractivity contribution < 1.29 is 4.42 Å². The summed E-state index contributed by atoms with van der Waals surface area (Å²) in [6.07, 6.45) is 1.57. The van der Waals surface area contributed by atoms with E-state index in [0.29, 0.717) is 0 Å². The van der Waals surface area contributed by atoms with Gasteiger partial charge in [-0.15, -0.1) is 6.58 Å². The van der Waals surface area contributed by atoms with E-state index in [1.54, 1.807) is 0 Å². The van der Waals surface area contributed by atoms with E-state index in [4.69, 9.17) is 11.0 Å². The molecule has 356 valence electrons. The minimum Gasteiger partial charge on any atom is -0.455 e. The lowest BCUT2D eigenvalue weighted by molar-refractivity contribution is 0.670. The molecule has 0 saturated heterocycles. The van der Waals surface area contributed by atoms with Crippen LogP contribution in [-0.4, -0.2) is 6.71 Å². The molecule has 0 amide bonds. The van der Waals surface area contributed by atoms with Crippen LogP contribution in [0.5, 0.6) is 0 Å². The van der Waals surface area contributed by atoms with Crippen molar-refractivity contribution in [3.8, 4) is 44.5 Å². The molecule has 12 aromatic carbocycles. The molecule has 2 nitrogen and oxygen atoms in total. The summed E-state index contributed by atoms with van der Waals surface area (Å²) in [7, 11) is 0. The van der Waals surface area contributed by atoms with Crippen molar-refractivity contribution in [1.82, 2.24) is 0 Å². The highest BCUT2D eigenvalue weighted by molar-refractivity contribution is 7.03. The molecule has 15 rings (SSSR count). The summed E-state index contributed by atoms with van der Waals surface area (Å²) in [5.41, 5.74) is 25.5. The zero-order valence-electron chi connectivity index (χ0n) is 42.2. The number of fused-ring (bicyclic) bond motifs is 13. The maximum atomic E-state index is 7.24. The number of anilines is 3. The first-order valence-electron chi connectivity index (χ1n) is 26.5. The molecule has 76 heavy (non-hydrogen) atoms. The van der Waals surface area contributed by atoms with Crippen molar-refractivity contribution in [3.05, 3.63) is 289 Å². The van der Waals surface area contributed by atoms with E-state index in [1.807, 2.05) is 0 Å². The van der Waals surface area contributed by atoms with Gasteiger partial charge in [0.15, 0.2) is 0 Å². The van der Waals surface area contributed by atoms with Crippen molar-refractivity contribution in [2.75, 3.05) is 4.90 Å². The first-order valence-corrected chi connectivity index (χ1v) is 26.5. The molecule has 0 saturated carbocycles. The fourth-order valence-corrected chi connectivity index (χ4v) is 13.0. The Bertz CT molecular complexity index is 4420. The zero-order chi connectivity index (χ0) is 50.4. The second kappa shape index (κ2) is 17.6. The van der Waals surface area contributed by atoms with Gasteiger partial charge in [-0.2, -0.15) is 0 Å². The first kappa shape index (κ1) is 44.1. The SMILES string of the molecule is C=C1B2c3cc4c(Cc5ccccc5)c5ccccc5c(Cc5ccccc5)c4cc3N(c3cc(-c4ccccc4)cc(-c4ccccc4)c3)c3cc4c(oc5ccccc54)c(c32)-c2cccc(c2C)-c2ccccc21. The van der Waals surface area contributed by atoms with Crippen LogP contribution >= 0.6 is 0 Å². The zero-order valence-corrected chi connectivity index (χ0v) is 42.2. The number of furan rings is 1. The Morgan fingerprint density at radius 3 is 1.54 bits per heavy atom. The molecule has 0 atom stereocenters. The number of hydrogen-bond acceptors (Lipinski definition) is 2. The van der Waals surface area contributed by atoms with Crippen LogP contribution in [0.15, 0.2) is 260 Å². The highest BCUT2D eigenvalue weighted by Crippen LogP contribution is 2.51. The van der Waals surface area contributed by atoms with Gasteiger partial charge in [0.05, 0.1) is 0 Å². The molecule has 0 spiro atoms. The maximum Gasteiger partial charge on any atom is 0.247 e. The second-order valence-electron chi connectivity index (χ2n) is 20.8. The Labute approximate surface area is 443 Å². The molecule has 0 aliphatic carbocycles. The smallest absolute Gasteiger partial charge is 0.247 e. The van der Waals surface area contributed by atoms with E-state index in [2.05, 4.69) is 261 Å². The summed E-state index contributed by atoms with van der Waals surface area (Å²) in [4.78, 5) is 2.61. The molecule has 2 aliphatic rings. The van der Waals surface area contributed by atoms with Crippen molar-refractivity contribution in [2.24, 2.45) is 0 Å². The predicted molar refractivity (Wildman–Crippen MR) is 322 cm³/mol. The summed E-state index contributed by atoms with van der Waals surface area (Å²) in [6, 6.07) is 92.0. The number of rotatable bonds is 7. The van der Waals surface area contributed by atoms with Crippen LogP contribution in [0.2, 0.25) is 0 Å². The molecule has 0 radical (unpaired) electrons. The molecule has 2 aliphatic heterocycles. The Morgan fingerprint density at radius 2 is 0.908 bits per heavy atom. The molecule has 0 N–H and O–H groups in total. The van der Waals surface area contributed by atoms with E-state index in [9.17, 15) is 0 Å². The van der Waals surface area contributed by atoms with Crippen LogP contribution in [0, 0.1) is 6.92 Å². The van der Waals surface area contributed by atoms with Crippen LogP contribution in [0.25, 0.3) is 93.5 Å². The number of benzene rings is 12. The van der Waals surface area contributed by atoms with Gasteiger partial charge in [-0.05, 0) is 161 Å². The van der Waals surface area contributed by atoms with Gasteiger partial charge in [0, 0.05) is 33.4 Å². The van der Waals surface area contributed by atoms with Crippen LogP contribution < -0.4 is 15.8 Å². The number of hydrogen-bond donors (Lipinski definition) is 0. The topological polar surface area (TPSA) is 16.4 Å². The number of para-hydroxylation sites is 1. The Balaban J connectivity index is 1.15. The predicted octanol–water partition coefficient (Wildman–Crippen LogP) is 18.0. The van der Waals surface area contributed by atoms with Gasteiger partial charge in [-0.3, -0.25) is 0 Å². The van der Waals surface area contributed by atoms with Gasteiger partial charge < -0.3 is 9.32 Å². The lowest BCUT2D eigenvalue weighted by Gasteiger charge is -2.40. The third kappa shape index (κ3) is 6.96. The Hall–Kier alpha value is -9.44. The van der Waals surface area contributed by atoms with E-state index in [1.165, 1.54) is 77.0 Å². The summed E-state index contributed by atoms with van der Waals surface area (Å²) >= 11 is 0. The van der Waals surface area contributed by atoms with Gasteiger partial charge in [0.2, 0.25) is 6.71 Å². The maximum absolute atomic E-state index is 7.24. The first-order chi connectivity index (χ1) is 37.5. The molecule has 0 fully saturated rings. The highest BCUT2D eigenvalue weighted by Gasteiger charge is 2.42. The van der Waals surface area contributed by atoms with E-state index in [-0.39, 0.29) is 6.71 Å². The van der Waals surface area contributed by atoms with Crippen LogP contribution in [0.4, 0.5) is 17.1 Å². The van der Waals surface area contributed by atoms with Crippen molar-refractivity contribution in [2.45, 2.75) is 19.8 Å². The van der Waals surface area contributed by atoms with Gasteiger partial charge in [-0.25, -0.2) is 0 Å².